The number of benzene rings is 1. The summed E-state index contributed by atoms with van der Waals surface area (Å²) in [6.45, 7) is 8.42. The Bertz CT molecular complexity index is 870. The van der Waals surface area contributed by atoms with E-state index in [9.17, 15) is 9.59 Å². The molecule has 0 saturated carbocycles. The van der Waals surface area contributed by atoms with Crippen LogP contribution in [0.25, 0.3) is 5.57 Å². The lowest BCUT2D eigenvalue weighted by atomic mass is 9.80. The summed E-state index contributed by atoms with van der Waals surface area (Å²) in [6, 6.07) is 4.18. The van der Waals surface area contributed by atoms with Crippen LogP contribution in [0.4, 0.5) is 5.69 Å². The van der Waals surface area contributed by atoms with Crippen molar-refractivity contribution in [1.29, 1.82) is 0 Å². The number of anilines is 1. The zero-order valence-electron chi connectivity index (χ0n) is 14.0. The van der Waals surface area contributed by atoms with Crippen LogP contribution in [-0.2, 0) is 9.59 Å². The van der Waals surface area contributed by atoms with Crippen LogP contribution in [0.5, 0.6) is 0 Å². The molecule has 0 aliphatic carbocycles. The lowest BCUT2D eigenvalue weighted by molar-refractivity contribution is -0.116. The number of amides is 2. The molecular formula is C18H18N2O2S2. The molecule has 0 spiro atoms. The first-order chi connectivity index (χ1) is 11.2. The Morgan fingerprint density at radius 1 is 1.33 bits per heavy atom. The van der Waals surface area contributed by atoms with Gasteiger partial charge in [-0.2, -0.15) is 0 Å². The SMILES string of the molecule is Cc1cc2c3c(c1)[C@H](C)CC(C)(C)N3C(=O)/C2=C1/SC(=S)NC1=O. The van der Waals surface area contributed by atoms with E-state index in [-0.39, 0.29) is 17.4 Å². The molecule has 4 rings (SSSR count). The highest BCUT2D eigenvalue weighted by atomic mass is 32.2. The summed E-state index contributed by atoms with van der Waals surface area (Å²) in [5.41, 5.74) is 4.36. The monoisotopic (exact) mass is 358 g/mol. The highest BCUT2D eigenvalue weighted by Crippen LogP contribution is 2.53. The van der Waals surface area contributed by atoms with Gasteiger partial charge < -0.3 is 10.2 Å². The molecule has 6 heteroatoms. The van der Waals surface area contributed by atoms with E-state index in [0.717, 1.165) is 23.2 Å². The minimum atomic E-state index is -0.282. The molecule has 1 N–H and O–H groups in total. The van der Waals surface area contributed by atoms with Crippen molar-refractivity contribution in [2.75, 3.05) is 4.90 Å². The third kappa shape index (κ3) is 2.02. The van der Waals surface area contributed by atoms with E-state index in [4.69, 9.17) is 12.2 Å². The molecule has 1 saturated heterocycles. The van der Waals surface area contributed by atoms with Crippen molar-refractivity contribution in [3.8, 4) is 0 Å². The van der Waals surface area contributed by atoms with Gasteiger partial charge in [0.1, 0.15) is 4.32 Å². The predicted octanol–water partition coefficient (Wildman–Crippen LogP) is 3.49. The van der Waals surface area contributed by atoms with Gasteiger partial charge in [0.15, 0.2) is 0 Å². The average molecular weight is 358 g/mol. The van der Waals surface area contributed by atoms with E-state index in [2.05, 4.69) is 32.2 Å². The van der Waals surface area contributed by atoms with Gasteiger partial charge in [0.25, 0.3) is 11.8 Å². The summed E-state index contributed by atoms with van der Waals surface area (Å²) in [5, 5.41) is 2.63. The number of thiocarbonyl (C=S) groups is 1. The Hall–Kier alpha value is -1.66. The number of hydrogen-bond acceptors (Lipinski definition) is 4. The molecule has 124 valence electrons. The van der Waals surface area contributed by atoms with Gasteiger partial charge in [0.05, 0.1) is 16.2 Å². The van der Waals surface area contributed by atoms with E-state index in [1.807, 2.05) is 17.9 Å². The molecule has 0 unspecified atom stereocenters. The molecule has 1 atom stereocenters. The van der Waals surface area contributed by atoms with E-state index in [0.29, 0.717) is 20.7 Å². The van der Waals surface area contributed by atoms with Gasteiger partial charge in [-0.3, -0.25) is 9.59 Å². The first-order valence-corrected chi connectivity index (χ1v) is 9.20. The summed E-state index contributed by atoms with van der Waals surface area (Å²) in [7, 11) is 0. The minimum absolute atomic E-state index is 0.0869. The zero-order chi connectivity index (χ0) is 17.4. The van der Waals surface area contributed by atoms with Crippen molar-refractivity contribution >= 4 is 51.4 Å². The van der Waals surface area contributed by atoms with Gasteiger partial charge in [-0.25, -0.2) is 0 Å². The molecule has 24 heavy (non-hydrogen) atoms. The summed E-state index contributed by atoms with van der Waals surface area (Å²) >= 11 is 6.29. The second-order valence-corrected chi connectivity index (χ2v) is 9.04. The summed E-state index contributed by atoms with van der Waals surface area (Å²) < 4.78 is 0.408. The molecule has 2 amide bonds. The van der Waals surface area contributed by atoms with Gasteiger partial charge in [0.2, 0.25) is 0 Å². The molecule has 1 aromatic rings. The number of rotatable bonds is 0. The quantitative estimate of drug-likeness (QED) is 0.570. The van der Waals surface area contributed by atoms with Crippen molar-refractivity contribution in [3.05, 3.63) is 33.7 Å². The number of carbonyl (C=O) groups is 2. The highest BCUT2D eigenvalue weighted by Gasteiger charge is 2.49. The van der Waals surface area contributed by atoms with Crippen LogP contribution in [-0.4, -0.2) is 21.7 Å². The number of aryl methyl sites for hydroxylation is 1. The van der Waals surface area contributed by atoms with Crippen LogP contribution in [0.2, 0.25) is 0 Å². The van der Waals surface area contributed by atoms with Crippen LogP contribution < -0.4 is 10.2 Å². The lowest BCUT2D eigenvalue weighted by Crippen LogP contribution is -2.49. The van der Waals surface area contributed by atoms with E-state index in [1.54, 1.807) is 0 Å². The Morgan fingerprint density at radius 2 is 2.04 bits per heavy atom. The van der Waals surface area contributed by atoms with Crippen molar-refractivity contribution in [2.45, 2.75) is 45.6 Å². The number of hydrogen-bond donors (Lipinski definition) is 1. The van der Waals surface area contributed by atoms with Gasteiger partial charge in [-0.05, 0) is 44.7 Å². The largest absolute Gasteiger partial charge is 0.307 e. The van der Waals surface area contributed by atoms with Crippen LogP contribution >= 0.6 is 24.0 Å². The Labute approximate surface area is 150 Å². The number of carbonyl (C=O) groups excluding carboxylic acids is 2. The molecule has 0 bridgehead atoms. The second-order valence-electron chi connectivity index (χ2n) is 7.36. The zero-order valence-corrected chi connectivity index (χ0v) is 15.7. The Kier molecular flexibility index (Phi) is 3.25. The number of nitrogens with one attached hydrogen (secondary N) is 1. The van der Waals surface area contributed by atoms with Crippen LogP contribution in [0.1, 0.15) is 49.8 Å². The van der Waals surface area contributed by atoms with Crippen LogP contribution in [0.3, 0.4) is 0 Å². The lowest BCUT2D eigenvalue weighted by Gasteiger charge is -2.43. The molecule has 3 aliphatic heterocycles. The highest BCUT2D eigenvalue weighted by molar-refractivity contribution is 8.27. The summed E-state index contributed by atoms with van der Waals surface area (Å²) in [6.07, 6.45) is 0.898. The second kappa shape index (κ2) is 4.92. The predicted molar refractivity (Wildman–Crippen MR) is 101 cm³/mol. The van der Waals surface area contributed by atoms with Crippen LogP contribution in [0.15, 0.2) is 17.0 Å². The minimum Gasteiger partial charge on any atom is -0.307 e. The number of nitrogens with zero attached hydrogens (tertiary/aromatic N) is 1. The van der Waals surface area contributed by atoms with Crippen molar-refractivity contribution < 1.29 is 9.59 Å². The van der Waals surface area contributed by atoms with Gasteiger partial charge >= 0.3 is 0 Å². The molecule has 3 aliphatic rings. The normalized spacial score (nSPS) is 27.6. The maximum absolute atomic E-state index is 13.3. The third-order valence-electron chi connectivity index (χ3n) is 4.98. The fraction of sp³-hybridized carbons (Fsp3) is 0.389. The van der Waals surface area contributed by atoms with Crippen molar-refractivity contribution in [2.24, 2.45) is 0 Å². The molecule has 1 aromatic carbocycles. The van der Waals surface area contributed by atoms with Gasteiger partial charge in [-0.1, -0.05) is 42.5 Å². The first-order valence-electron chi connectivity index (χ1n) is 7.97. The molecular weight excluding hydrogens is 340 g/mol. The Balaban J connectivity index is 2.06. The Morgan fingerprint density at radius 3 is 2.67 bits per heavy atom. The maximum atomic E-state index is 13.3. The standard InChI is InChI=1S/C18H18N2O2S2/c1-8-5-10-9(2)7-18(3,4)20-13(10)11(6-8)12(16(20)22)14-15(21)19-17(23)24-14/h5-6,9H,7H2,1-4H3,(H,19,21,23)/b14-12+/t9-/m1/s1. The van der Waals surface area contributed by atoms with Gasteiger partial charge in [0, 0.05) is 11.1 Å². The average Bonchev–Trinajstić information content (AvgIpc) is 2.92. The number of thioether (sulfide) groups is 1. The van der Waals surface area contributed by atoms with Crippen molar-refractivity contribution in [1.82, 2.24) is 5.32 Å². The molecule has 3 heterocycles. The van der Waals surface area contributed by atoms with E-state index in [1.165, 1.54) is 17.3 Å². The van der Waals surface area contributed by atoms with Crippen molar-refractivity contribution in [3.63, 3.8) is 0 Å². The molecule has 1 fully saturated rings. The molecule has 0 aromatic heterocycles. The molecule has 4 nitrogen and oxygen atoms in total. The fourth-order valence-electron chi connectivity index (χ4n) is 4.18. The molecule has 0 radical (unpaired) electrons. The van der Waals surface area contributed by atoms with E-state index >= 15 is 0 Å². The topological polar surface area (TPSA) is 49.4 Å². The third-order valence-corrected chi connectivity index (χ3v) is 6.21. The van der Waals surface area contributed by atoms with Crippen LogP contribution in [0, 0.1) is 6.92 Å². The van der Waals surface area contributed by atoms with Gasteiger partial charge in [-0.15, -0.1) is 0 Å². The fourth-order valence-corrected chi connectivity index (χ4v) is 5.29. The smallest absolute Gasteiger partial charge is 0.264 e. The summed E-state index contributed by atoms with van der Waals surface area (Å²) in [5.74, 6) is 0.0126. The van der Waals surface area contributed by atoms with E-state index < -0.39 is 0 Å². The maximum Gasteiger partial charge on any atom is 0.264 e. The first kappa shape index (κ1) is 15.8. The summed E-state index contributed by atoms with van der Waals surface area (Å²) in [4.78, 5) is 27.9.